The Balaban J connectivity index is 0.00000338. The molecule has 1 aliphatic rings. The minimum Gasteiger partial charge on any atom is -0.493 e. The van der Waals surface area contributed by atoms with Gasteiger partial charge in [-0.2, -0.15) is 0 Å². The van der Waals surface area contributed by atoms with Gasteiger partial charge in [0.1, 0.15) is 0 Å². The number of rotatable bonds is 7. The van der Waals surface area contributed by atoms with E-state index in [0.29, 0.717) is 18.0 Å². The molecule has 1 heterocycles. The summed E-state index contributed by atoms with van der Waals surface area (Å²) in [4.78, 5) is 14.1. The lowest BCUT2D eigenvalue weighted by molar-refractivity contribution is -0.133. The molecule has 0 aliphatic carbocycles. The summed E-state index contributed by atoms with van der Waals surface area (Å²) in [5.41, 5.74) is 0. The van der Waals surface area contributed by atoms with Crippen LogP contribution in [-0.2, 0) is 14.8 Å². The fourth-order valence-electron chi connectivity index (χ4n) is 2.71. The van der Waals surface area contributed by atoms with Gasteiger partial charge < -0.3 is 19.7 Å². The molecule has 0 saturated carbocycles. The molecule has 1 aromatic rings. The number of piperazine rings is 1. The maximum atomic E-state index is 12.4. The summed E-state index contributed by atoms with van der Waals surface area (Å²) < 4.78 is 37.4. The summed E-state index contributed by atoms with van der Waals surface area (Å²) in [6, 6.07) is 4.47. The van der Waals surface area contributed by atoms with Gasteiger partial charge in [-0.15, -0.1) is 12.4 Å². The van der Waals surface area contributed by atoms with Gasteiger partial charge in [-0.3, -0.25) is 4.79 Å². The van der Waals surface area contributed by atoms with E-state index in [0.717, 1.165) is 13.1 Å². The molecule has 1 saturated heterocycles. The van der Waals surface area contributed by atoms with Crippen LogP contribution in [0.4, 0.5) is 0 Å². The van der Waals surface area contributed by atoms with Crippen LogP contribution in [-0.4, -0.2) is 65.7 Å². The molecule has 2 N–H and O–H groups in total. The van der Waals surface area contributed by atoms with E-state index in [1.54, 1.807) is 4.90 Å². The van der Waals surface area contributed by atoms with Crippen molar-refractivity contribution in [2.45, 2.75) is 24.3 Å². The summed E-state index contributed by atoms with van der Waals surface area (Å²) in [6.45, 7) is 4.17. The number of hydrogen-bond acceptors (Lipinski definition) is 6. The largest absolute Gasteiger partial charge is 0.493 e. The fourth-order valence-corrected chi connectivity index (χ4v) is 3.76. The molecule has 0 unspecified atom stereocenters. The maximum absolute atomic E-state index is 12.4. The highest BCUT2D eigenvalue weighted by Gasteiger charge is 2.23. The molecular weight excluding hydrogens is 382 g/mol. The highest BCUT2D eigenvalue weighted by atomic mass is 35.5. The van der Waals surface area contributed by atoms with Gasteiger partial charge in [-0.1, -0.05) is 0 Å². The normalized spacial score (nSPS) is 17.3. The summed E-state index contributed by atoms with van der Waals surface area (Å²) in [5.74, 6) is 0.726. The Labute approximate surface area is 160 Å². The molecule has 1 atom stereocenters. The lowest BCUT2D eigenvalue weighted by Gasteiger charge is -2.34. The predicted molar refractivity (Wildman–Crippen MR) is 101 cm³/mol. The first kappa shape index (κ1) is 22.5. The van der Waals surface area contributed by atoms with Crippen LogP contribution in [0, 0.1) is 0 Å². The van der Waals surface area contributed by atoms with Crippen molar-refractivity contribution in [3.05, 3.63) is 18.2 Å². The molecule has 1 amide bonds. The number of carbonyl (C=O) groups excluding carboxylic acids is 1. The van der Waals surface area contributed by atoms with Crippen molar-refractivity contribution in [1.82, 2.24) is 14.9 Å². The van der Waals surface area contributed by atoms with E-state index < -0.39 is 10.0 Å². The van der Waals surface area contributed by atoms with Crippen molar-refractivity contribution in [3.8, 4) is 11.5 Å². The molecule has 1 fully saturated rings. The van der Waals surface area contributed by atoms with Gasteiger partial charge in [0.25, 0.3) is 0 Å². The third kappa shape index (κ3) is 5.47. The third-order valence-corrected chi connectivity index (χ3v) is 5.58. The van der Waals surface area contributed by atoms with Gasteiger partial charge in [-0.05, 0) is 19.1 Å². The number of nitrogens with one attached hydrogen (secondary N) is 2. The Bertz CT molecular complexity index is 714. The van der Waals surface area contributed by atoms with Crippen molar-refractivity contribution < 1.29 is 22.7 Å². The van der Waals surface area contributed by atoms with E-state index in [1.807, 2.05) is 6.92 Å². The topological polar surface area (TPSA) is 97.0 Å². The van der Waals surface area contributed by atoms with Crippen molar-refractivity contribution in [1.29, 1.82) is 0 Å². The number of nitrogens with zero attached hydrogens (tertiary/aromatic N) is 1. The number of amides is 1. The van der Waals surface area contributed by atoms with Crippen molar-refractivity contribution in [3.63, 3.8) is 0 Å². The molecule has 26 heavy (non-hydrogen) atoms. The molecule has 148 valence electrons. The Morgan fingerprint density at radius 1 is 1.31 bits per heavy atom. The third-order valence-electron chi connectivity index (χ3n) is 4.12. The number of benzene rings is 1. The molecule has 2 rings (SSSR count). The van der Waals surface area contributed by atoms with Crippen LogP contribution in [0.3, 0.4) is 0 Å². The van der Waals surface area contributed by atoms with E-state index in [4.69, 9.17) is 9.47 Å². The highest BCUT2D eigenvalue weighted by Crippen LogP contribution is 2.29. The van der Waals surface area contributed by atoms with Crippen LogP contribution in [0.15, 0.2) is 23.1 Å². The second-order valence-electron chi connectivity index (χ2n) is 5.80. The van der Waals surface area contributed by atoms with Gasteiger partial charge >= 0.3 is 0 Å². The minimum absolute atomic E-state index is 0. The number of halogens is 1. The molecule has 8 nitrogen and oxygen atoms in total. The summed E-state index contributed by atoms with van der Waals surface area (Å²) in [7, 11) is -0.808. The van der Waals surface area contributed by atoms with E-state index in [1.165, 1.54) is 32.4 Å². The molecule has 0 radical (unpaired) electrons. The number of hydrogen-bond donors (Lipinski definition) is 2. The van der Waals surface area contributed by atoms with E-state index in [2.05, 4.69) is 10.0 Å². The number of carbonyl (C=O) groups is 1. The Kier molecular flexibility index (Phi) is 8.61. The zero-order valence-corrected chi connectivity index (χ0v) is 16.8. The summed E-state index contributed by atoms with van der Waals surface area (Å²) >= 11 is 0. The lowest BCUT2D eigenvalue weighted by atomic mass is 10.2. The monoisotopic (exact) mass is 407 g/mol. The van der Waals surface area contributed by atoms with Gasteiger partial charge in [0, 0.05) is 44.7 Å². The SMILES string of the molecule is COc1ccc(S(=O)(=O)NCCC(=O)N2CCNC[C@@H]2C)cc1OC.Cl. The van der Waals surface area contributed by atoms with Gasteiger partial charge in [0.05, 0.1) is 19.1 Å². The fraction of sp³-hybridized carbons (Fsp3) is 0.562. The number of sulfonamides is 1. The zero-order chi connectivity index (χ0) is 18.4. The standard InChI is InChI=1S/C16H25N3O5S.ClH/c1-12-11-17-8-9-19(12)16(20)6-7-18-25(21,22)13-4-5-14(23-2)15(10-13)24-3;/h4-5,10,12,17-18H,6-9,11H2,1-3H3;1H/t12-;/m0./s1. The number of methoxy groups -OCH3 is 2. The molecule has 0 bridgehead atoms. The molecule has 0 aromatic heterocycles. The van der Waals surface area contributed by atoms with Crippen LogP contribution >= 0.6 is 12.4 Å². The van der Waals surface area contributed by atoms with Gasteiger partial charge in [0.2, 0.25) is 15.9 Å². The average Bonchev–Trinajstić information content (AvgIpc) is 2.61. The first-order valence-electron chi connectivity index (χ1n) is 8.11. The predicted octanol–water partition coefficient (Wildman–Crippen LogP) is 0.614. The first-order chi connectivity index (χ1) is 11.9. The van der Waals surface area contributed by atoms with Crippen molar-refractivity contribution in [2.75, 3.05) is 40.4 Å². The summed E-state index contributed by atoms with van der Waals surface area (Å²) in [6.07, 6.45) is 0.122. The smallest absolute Gasteiger partial charge is 0.240 e. The molecule has 1 aromatic carbocycles. The molecule has 10 heteroatoms. The Morgan fingerprint density at radius 3 is 2.62 bits per heavy atom. The second kappa shape index (κ2) is 9.96. The molecule has 0 spiro atoms. The van der Waals surface area contributed by atoms with Crippen LogP contribution in [0.5, 0.6) is 11.5 Å². The van der Waals surface area contributed by atoms with E-state index in [9.17, 15) is 13.2 Å². The highest BCUT2D eigenvalue weighted by molar-refractivity contribution is 7.89. The maximum Gasteiger partial charge on any atom is 0.240 e. The average molecular weight is 408 g/mol. The second-order valence-corrected chi connectivity index (χ2v) is 7.57. The van der Waals surface area contributed by atoms with Crippen LogP contribution in [0.25, 0.3) is 0 Å². The van der Waals surface area contributed by atoms with E-state index in [-0.39, 0.29) is 42.2 Å². The Morgan fingerprint density at radius 2 is 2.00 bits per heavy atom. The van der Waals surface area contributed by atoms with Crippen LogP contribution in [0.1, 0.15) is 13.3 Å². The molecule has 1 aliphatic heterocycles. The van der Waals surface area contributed by atoms with E-state index >= 15 is 0 Å². The van der Waals surface area contributed by atoms with Crippen LogP contribution < -0.4 is 19.5 Å². The van der Waals surface area contributed by atoms with Gasteiger partial charge in [-0.25, -0.2) is 13.1 Å². The van der Waals surface area contributed by atoms with Gasteiger partial charge in [0.15, 0.2) is 11.5 Å². The zero-order valence-electron chi connectivity index (χ0n) is 15.1. The van der Waals surface area contributed by atoms with Crippen molar-refractivity contribution in [2.24, 2.45) is 0 Å². The quantitative estimate of drug-likeness (QED) is 0.687. The molecular formula is C16H26ClN3O5S. The Hall–Kier alpha value is -1.55. The first-order valence-corrected chi connectivity index (χ1v) is 9.59. The minimum atomic E-state index is -3.73. The lowest BCUT2D eigenvalue weighted by Crippen LogP contribution is -2.52. The summed E-state index contributed by atoms with van der Waals surface area (Å²) in [5, 5.41) is 3.21. The van der Waals surface area contributed by atoms with Crippen molar-refractivity contribution >= 4 is 28.3 Å². The van der Waals surface area contributed by atoms with Crippen LogP contribution in [0.2, 0.25) is 0 Å². The number of ether oxygens (including phenoxy) is 2.